The molecular formula is C17H26ClN3O2S. The summed E-state index contributed by atoms with van der Waals surface area (Å²) in [5.41, 5.74) is 0.771. The number of rotatable bonds is 5. The van der Waals surface area contributed by atoms with Crippen LogP contribution in [0.3, 0.4) is 0 Å². The Morgan fingerprint density at radius 3 is 2.38 bits per heavy atom. The van der Waals surface area contributed by atoms with Crippen LogP contribution in [0.2, 0.25) is 0 Å². The van der Waals surface area contributed by atoms with Gasteiger partial charge in [0.25, 0.3) is 0 Å². The Labute approximate surface area is 154 Å². The first kappa shape index (κ1) is 20.8. The van der Waals surface area contributed by atoms with Crippen LogP contribution in [-0.4, -0.2) is 48.1 Å². The zero-order valence-electron chi connectivity index (χ0n) is 14.4. The van der Waals surface area contributed by atoms with E-state index in [1.807, 2.05) is 43.1 Å². The summed E-state index contributed by atoms with van der Waals surface area (Å²) in [6, 6.07) is 7.93. The van der Waals surface area contributed by atoms with E-state index < -0.39 is 0 Å². The van der Waals surface area contributed by atoms with Gasteiger partial charge in [0.2, 0.25) is 11.8 Å². The molecule has 0 aliphatic carbocycles. The molecule has 1 aromatic carbocycles. The molecule has 7 heteroatoms. The van der Waals surface area contributed by atoms with Crippen molar-refractivity contribution in [2.45, 2.75) is 42.9 Å². The molecule has 1 aliphatic heterocycles. The molecule has 1 aliphatic rings. The molecule has 24 heavy (non-hydrogen) atoms. The maximum Gasteiger partial charge on any atom is 0.235 e. The van der Waals surface area contributed by atoms with Gasteiger partial charge in [-0.3, -0.25) is 9.59 Å². The number of carbonyl (C=O) groups is 2. The molecule has 0 bridgehead atoms. The van der Waals surface area contributed by atoms with Gasteiger partial charge in [-0.2, -0.15) is 0 Å². The molecule has 1 fully saturated rings. The third-order valence-electron chi connectivity index (χ3n) is 4.04. The highest BCUT2D eigenvalue weighted by Crippen LogP contribution is 2.26. The molecular weight excluding hydrogens is 346 g/mol. The lowest BCUT2D eigenvalue weighted by Crippen LogP contribution is -2.46. The largest absolute Gasteiger partial charge is 0.342 e. The summed E-state index contributed by atoms with van der Waals surface area (Å²) >= 11 is 1.55. The van der Waals surface area contributed by atoms with Gasteiger partial charge < -0.3 is 15.5 Å². The minimum Gasteiger partial charge on any atom is -0.342 e. The van der Waals surface area contributed by atoms with Crippen LogP contribution in [0.15, 0.2) is 29.2 Å². The fourth-order valence-corrected chi connectivity index (χ4v) is 3.70. The van der Waals surface area contributed by atoms with E-state index in [0.29, 0.717) is 6.04 Å². The Morgan fingerprint density at radius 1 is 1.25 bits per heavy atom. The maximum absolute atomic E-state index is 12.6. The minimum absolute atomic E-state index is 0. The van der Waals surface area contributed by atoms with Crippen LogP contribution in [0.25, 0.3) is 0 Å². The second-order valence-corrected chi connectivity index (χ2v) is 7.31. The number of hydrogen-bond donors (Lipinski definition) is 2. The molecule has 1 heterocycles. The number of amides is 2. The molecule has 0 spiro atoms. The van der Waals surface area contributed by atoms with E-state index in [1.165, 1.54) is 6.92 Å². The highest BCUT2D eigenvalue weighted by atomic mass is 35.5. The van der Waals surface area contributed by atoms with Crippen molar-refractivity contribution in [1.29, 1.82) is 0 Å². The second kappa shape index (κ2) is 9.91. The van der Waals surface area contributed by atoms with Crippen molar-refractivity contribution in [2.24, 2.45) is 0 Å². The van der Waals surface area contributed by atoms with Crippen LogP contribution in [0.5, 0.6) is 0 Å². The molecule has 0 aromatic heterocycles. The standard InChI is InChI=1S/C17H25N3O2S.ClH/c1-12(17(22)20(3)15-8-10-18-11-9-15)23-16-6-4-14(5-7-16)19-13(2)21;/h4-7,12,15,18H,8-11H2,1-3H3,(H,19,21);1H. The molecule has 1 unspecified atom stereocenters. The Balaban J connectivity index is 0.00000288. The number of hydrogen-bond acceptors (Lipinski definition) is 4. The predicted octanol–water partition coefficient (Wildman–Crippen LogP) is 2.76. The average molecular weight is 372 g/mol. The molecule has 1 saturated heterocycles. The van der Waals surface area contributed by atoms with E-state index in [0.717, 1.165) is 36.5 Å². The van der Waals surface area contributed by atoms with Crippen molar-refractivity contribution >= 4 is 41.7 Å². The topological polar surface area (TPSA) is 61.4 Å². The summed E-state index contributed by atoms with van der Waals surface area (Å²) in [6.45, 7) is 5.40. The van der Waals surface area contributed by atoms with Gasteiger partial charge in [0, 0.05) is 30.6 Å². The first-order chi connectivity index (χ1) is 11.0. The summed E-state index contributed by atoms with van der Waals surface area (Å²) in [5.74, 6) is 0.0883. The third-order valence-corrected chi connectivity index (χ3v) is 5.14. The normalized spacial score (nSPS) is 16.0. The number of carbonyl (C=O) groups excluding carboxylic acids is 2. The number of benzene rings is 1. The molecule has 5 nitrogen and oxygen atoms in total. The second-order valence-electron chi connectivity index (χ2n) is 5.90. The monoisotopic (exact) mass is 371 g/mol. The lowest BCUT2D eigenvalue weighted by molar-refractivity contribution is -0.131. The molecule has 134 valence electrons. The smallest absolute Gasteiger partial charge is 0.235 e. The van der Waals surface area contributed by atoms with Crippen molar-refractivity contribution in [3.63, 3.8) is 0 Å². The predicted molar refractivity (Wildman–Crippen MR) is 102 cm³/mol. The SMILES string of the molecule is CC(=O)Nc1ccc(SC(C)C(=O)N(C)C2CCNCC2)cc1.Cl. The highest BCUT2D eigenvalue weighted by molar-refractivity contribution is 8.00. The Morgan fingerprint density at radius 2 is 1.83 bits per heavy atom. The van der Waals surface area contributed by atoms with E-state index in [-0.39, 0.29) is 29.5 Å². The molecule has 0 radical (unpaired) electrons. The first-order valence-corrected chi connectivity index (χ1v) is 8.87. The number of halogens is 1. The van der Waals surface area contributed by atoms with Crippen LogP contribution in [0, 0.1) is 0 Å². The van der Waals surface area contributed by atoms with Gasteiger partial charge in [-0.05, 0) is 57.1 Å². The van der Waals surface area contributed by atoms with Crippen molar-refractivity contribution in [1.82, 2.24) is 10.2 Å². The van der Waals surface area contributed by atoms with E-state index >= 15 is 0 Å². The summed E-state index contributed by atoms with van der Waals surface area (Å²) in [7, 11) is 1.91. The van der Waals surface area contributed by atoms with Crippen LogP contribution in [0.1, 0.15) is 26.7 Å². The van der Waals surface area contributed by atoms with Crippen molar-refractivity contribution in [3.05, 3.63) is 24.3 Å². The van der Waals surface area contributed by atoms with Crippen molar-refractivity contribution < 1.29 is 9.59 Å². The molecule has 2 N–H and O–H groups in total. The van der Waals surface area contributed by atoms with Gasteiger partial charge in [-0.25, -0.2) is 0 Å². The van der Waals surface area contributed by atoms with Crippen molar-refractivity contribution in [2.75, 3.05) is 25.5 Å². The lowest BCUT2D eigenvalue weighted by Gasteiger charge is -2.33. The zero-order valence-corrected chi connectivity index (χ0v) is 16.0. The lowest BCUT2D eigenvalue weighted by atomic mass is 10.1. The van der Waals surface area contributed by atoms with E-state index in [4.69, 9.17) is 0 Å². The van der Waals surface area contributed by atoms with E-state index in [9.17, 15) is 9.59 Å². The molecule has 2 rings (SSSR count). The van der Waals surface area contributed by atoms with Gasteiger partial charge in [-0.15, -0.1) is 24.2 Å². The Hall–Kier alpha value is -1.24. The minimum atomic E-state index is -0.124. The molecule has 2 amide bonds. The maximum atomic E-state index is 12.6. The fourth-order valence-electron chi connectivity index (χ4n) is 2.74. The van der Waals surface area contributed by atoms with E-state index in [2.05, 4.69) is 10.6 Å². The Bertz CT molecular complexity index is 547. The summed E-state index contributed by atoms with van der Waals surface area (Å²) < 4.78 is 0. The summed E-state index contributed by atoms with van der Waals surface area (Å²) in [6.07, 6.45) is 2.04. The molecule has 1 atom stereocenters. The third kappa shape index (κ3) is 6.00. The van der Waals surface area contributed by atoms with Crippen LogP contribution < -0.4 is 10.6 Å². The fraction of sp³-hybridized carbons (Fsp3) is 0.529. The summed E-state index contributed by atoms with van der Waals surface area (Å²) in [4.78, 5) is 26.5. The number of anilines is 1. The van der Waals surface area contributed by atoms with Gasteiger partial charge in [0.1, 0.15) is 0 Å². The number of nitrogens with one attached hydrogen (secondary N) is 2. The van der Waals surface area contributed by atoms with Gasteiger partial charge in [0.15, 0.2) is 0 Å². The molecule has 1 aromatic rings. The summed E-state index contributed by atoms with van der Waals surface area (Å²) in [5, 5.41) is 5.94. The van der Waals surface area contributed by atoms with Gasteiger partial charge in [0.05, 0.1) is 5.25 Å². The highest BCUT2D eigenvalue weighted by Gasteiger charge is 2.25. The Kier molecular flexibility index (Phi) is 8.59. The van der Waals surface area contributed by atoms with Crippen LogP contribution in [0.4, 0.5) is 5.69 Å². The quantitative estimate of drug-likeness (QED) is 0.781. The van der Waals surface area contributed by atoms with Gasteiger partial charge >= 0.3 is 0 Å². The number of piperidine rings is 1. The van der Waals surface area contributed by atoms with E-state index in [1.54, 1.807) is 11.8 Å². The number of thioether (sulfide) groups is 1. The molecule has 0 saturated carbocycles. The number of nitrogens with zero attached hydrogens (tertiary/aromatic N) is 1. The van der Waals surface area contributed by atoms with Crippen LogP contribution in [-0.2, 0) is 9.59 Å². The van der Waals surface area contributed by atoms with Gasteiger partial charge in [-0.1, -0.05) is 0 Å². The van der Waals surface area contributed by atoms with Crippen LogP contribution >= 0.6 is 24.2 Å². The zero-order chi connectivity index (χ0) is 16.8. The van der Waals surface area contributed by atoms with Crippen molar-refractivity contribution in [3.8, 4) is 0 Å². The first-order valence-electron chi connectivity index (χ1n) is 7.99. The average Bonchev–Trinajstić information content (AvgIpc) is 2.55.